The third-order valence-electron chi connectivity index (χ3n) is 4.35. The molecule has 3 aromatic rings. The standard InChI is InChI=1S/C22H23ClN4O2/c1-14(2)21-20(13-25-27(21)19-9-5-7-17(23)11-19)22(29)24-12-16-6-4-8-18(10-16)26-15(3)28/h4-11,13-14H,12H2,1-3H3,(H,24,29)(H,26,28). The molecule has 0 aliphatic heterocycles. The maximum absolute atomic E-state index is 12.9. The molecule has 150 valence electrons. The molecule has 29 heavy (non-hydrogen) atoms. The molecule has 6 nitrogen and oxygen atoms in total. The molecular weight excluding hydrogens is 388 g/mol. The van der Waals surface area contributed by atoms with E-state index in [0.29, 0.717) is 22.8 Å². The smallest absolute Gasteiger partial charge is 0.255 e. The largest absolute Gasteiger partial charge is 0.348 e. The second-order valence-corrected chi connectivity index (χ2v) is 7.49. The van der Waals surface area contributed by atoms with E-state index in [1.807, 2.05) is 50.2 Å². The Hall–Kier alpha value is -3.12. The van der Waals surface area contributed by atoms with Crippen molar-refractivity contribution in [2.24, 2.45) is 0 Å². The molecule has 2 aromatic carbocycles. The van der Waals surface area contributed by atoms with Gasteiger partial charge >= 0.3 is 0 Å². The van der Waals surface area contributed by atoms with Crippen LogP contribution in [0.4, 0.5) is 5.69 Å². The molecule has 1 heterocycles. The van der Waals surface area contributed by atoms with Crippen molar-refractivity contribution in [2.45, 2.75) is 33.2 Å². The fourth-order valence-electron chi connectivity index (χ4n) is 3.14. The summed E-state index contributed by atoms with van der Waals surface area (Å²) in [5.74, 6) is -0.256. The lowest BCUT2D eigenvalue weighted by Gasteiger charge is -2.13. The topological polar surface area (TPSA) is 76.0 Å². The summed E-state index contributed by atoms with van der Waals surface area (Å²) in [6.07, 6.45) is 1.58. The lowest BCUT2D eigenvalue weighted by molar-refractivity contribution is -0.114. The van der Waals surface area contributed by atoms with E-state index in [9.17, 15) is 9.59 Å². The number of nitrogens with one attached hydrogen (secondary N) is 2. The van der Waals surface area contributed by atoms with Crippen LogP contribution in [0.1, 0.15) is 48.3 Å². The highest BCUT2D eigenvalue weighted by Crippen LogP contribution is 2.24. The van der Waals surface area contributed by atoms with Crippen LogP contribution in [0.25, 0.3) is 5.69 Å². The van der Waals surface area contributed by atoms with Crippen LogP contribution >= 0.6 is 11.6 Å². The van der Waals surface area contributed by atoms with Crippen LogP contribution in [-0.4, -0.2) is 21.6 Å². The van der Waals surface area contributed by atoms with Crippen molar-refractivity contribution in [2.75, 3.05) is 5.32 Å². The number of hydrogen-bond donors (Lipinski definition) is 2. The molecule has 0 aliphatic rings. The van der Waals surface area contributed by atoms with E-state index in [1.54, 1.807) is 23.0 Å². The van der Waals surface area contributed by atoms with Crippen LogP contribution in [0, 0.1) is 0 Å². The first-order valence-electron chi connectivity index (χ1n) is 9.33. The van der Waals surface area contributed by atoms with Crippen molar-refractivity contribution >= 4 is 29.1 Å². The summed E-state index contributed by atoms with van der Waals surface area (Å²) in [5.41, 5.74) is 3.73. The third-order valence-corrected chi connectivity index (χ3v) is 4.59. The number of nitrogens with zero attached hydrogens (tertiary/aromatic N) is 2. The van der Waals surface area contributed by atoms with E-state index in [0.717, 1.165) is 16.9 Å². The maximum Gasteiger partial charge on any atom is 0.255 e. The van der Waals surface area contributed by atoms with Crippen LogP contribution in [0.2, 0.25) is 5.02 Å². The lowest BCUT2D eigenvalue weighted by atomic mass is 10.0. The molecule has 0 fully saturated rings. The zero-order valence-corrected chi connectivity index (χ0v) is 17.3. The van der Waals surface area contributed by atoms with E-state index in [2.05, 4.69) is 15.7 Å². The van der Waals surface area contributed by atoms with Crippen molar-refractivity contribution in [3.63, 3.8) is 0 Å². The van der Waals surface area contributed by atoms with Gasteiger partial charge in [0.15, 0.2) is 0 Å². The molecule has 0 radical (unpaired) electrons. The van der Waals surface area contributed by atoms with Crippen LogP contribution in [0.15, 0.2) is 54.7 Å². The van der Waals surface area contributed by atoms with Crippen molar-refractivity contribution in [3.05, 3.63) is 76.6 Å². The Bertz CT molecular complexity index is 1040. The van der Waals surface area contributed by atoms with Gasteiger partial charge in [0, 0.05) is 24.2 Å². The average Bonchev–Trinajstić information content (AvgIpc) is 3.11. The van der Waals surface area contributed by atoms with Crippen molar-refractivity contribution in [1.29, 1.82) is 0 Å². The Morgan fingerprint density at radius 1 is 1.14 bits per heavy atom. The number of benzene rings is 2. The van der Waals surface area contributed by atoms with Crippen molar-refractivity contribution in [3.8, 4) is 5.69 Å². The molecule has 0 atom stereocenters. The molecule has 0 saturated heterocycles. The monoisotopic (exact) mass is 410 g/mol. The van der Waals surface area contributed by atoms with Gasteiger partial charge in [-0.15, -0.1) is 0 Å². The van der Waals surface area contributed by atoms with Gasteiger partial charge in [0.1, 0.15) is 0 Å². The third kappa shape index (κ3) is 5.03. The number of rotatable bonds is 6. The van der Waals surface area contributed by atoms with Gasteiger partial charge in [-0.1, -0.05) is 43.6 Å². The van der Waals surface area contributed by atoms with Crippen LogP contribution in [0.3, 0.4) is 0 Å². The predicted octanol–water partition coefficient (Wildman–Crippen LogP) is 4.54. The SMILES string of the molecule is CC(=O)Nc1cccc(CNC(=O)c2cnn(-c3cccc(Cl)c3)c2C(C)C)c1. The summed E-state index contributed by atoms with van der Waals surface area (Å²) in [6.45, 7) is 5.84. The molecule has 1 aromatic heterocycles. The molecule has 0 unspecified atom stereocenters. The maximum atomic E-state index is 12.9. The number of carbonyl (C=O) groups is 2. The number of aromatic nitrogens is 2. The number of halogens is 1. The van der Waals surface area contributed by atoms with E-state index in [4.69, 9.17) is 11.6 Å². The fraction of sp³-hybridized carbons (Fsp3) is 0.227. The van der Waals surface area contributed by atoms with E-state index >= 15 is 0 Å². The molecule has 2 N–H and O–H groups in total. The molecule has 7 heteroatoms. The minimum absolute atomic E-state index is 0.0836. The highest BCUT2D eigenvalue weighted by molar-refractivity contribution is 6.30. The van der Waals surface area contributed by atoms with Crippen molar-refractivity contribution in [1.82, 2.24) is 15.1 Å². The van der Waals surface area contributed by atoms with Crippen LogP contribution in [-0.2, 0) is 11.3 Å². The number of amides is 2. The second-order valence-electron chi connectivity index (χ2n) is 7.05. The second kappa shape index (κ2) is 8.92. The molecular formula is C22H23ClN4O2. The lowest BCUT2D eigenvalue weighted by Crippen LogP contribution is -2.24. The summed E-state index contributed by atoms with van der Waals surface area (Å²) in [4.78, 5) is 24.1. The van der Waals surface area contributed by atoms with Crippen LogP contribution in [0.5, 0.6) is 0 Å². The molecule has 2 amide bonds. The zero-order valence-electron chi connectivity index (χ0n) is 16.6. The van der Waals surface area contributed by atoms with Crippen LogP contribution < -0.4 is 10.6 Å². The Balaban J connectivity index is 1.80. The first kappa shape index (κ1) is 20.6. The minimum atomic E-state index is -0.202. The summed E-state index contributed by atoms with van der Waals surface area (Å²) in [7, 11) is 0. The Morgan fingerprint density at radius 2 is 1.90 bits per heavy atom. The van der Waals surface area contributed by atoms with E-state index in [-0.39, 0.29) is 17.7 Å². The molecule has 0 aliphatic carbocycles. The fourth-order valence-corrected chi connectivity index (χ4v) is 3.33. The quantitative estimate of drug-likeness (QED) is 0.626. The van der Waals surface area contributed by atoms with E-state index in [1.165, 1.54) is 6.92 Å². The Kier molecular flexibility index (Phi) is 6.34. The first-order valence-corrected chi connectivity index (χ1v) is 9.71. The van der Waals surface area contributed by atoms with Gasteiger partial charge in [-0.25, -0.2) is 4.68 Å². The predicted molar refractivity (Wildman–Crippen MR) is 115 cm³/mol. The normalized spacial score (nSPS) is 10.8. The molecule has 0 bridgehead atoms. The number of anilines is 1. The average molecular weight is 411 g/mol. The van der Waals surface area contributed by atoms with Crippen molar-refractivity contribution < 1.29 is 9.59 Å². The van der Waals surface area contributed by atoms with Gasteiger partial charge in [0.25, 0.3) is 5.91 Å². The highest BCUT2D eigenvalue weighted by atomic mass is 35.5. The summed E-state index contributed by atoms with van der Waals surface area (Å²) >= 11 is 6.11. The van der Waals surface area contributed by atoms with Gasteiger partial charge < -0.3 is 10.6 Å². The first-order chi connectivity index (χ1) is 13.8. The van der Waals surface area contributed by atoms with Gasteiger partial charge in [-0.05, 0) is 41.8 Å². The molecule has 0 saturated carbocycles. The van der Waals surface area contributed by atoms with Gasteiger partial charge in [-0.3, -0.25) is 9.59 Å². The van der Waals surface area contributed by atoms with Gasteiger partial charge in [0.05, 0.1) is 23.1 Å². The van der Waals surface area contributed by atoms with Gasteiger partial charge in [0.2, 0.25) is 5.91 Å². The summed E-state index contributed by atoms with van der Waals surface area (Å²) < 4.78 is 1.75. The number of carbonyl (C=O) groups excluding carboxylic acids is 2. The number of hydrogen-bond acceptors (Lipinski definition) is 3. The van der Waals surface area contributed by atoms with E-state index < -0.39 is 0 Å². The minimum Gasteiger partial charge on any atom is -0.348 e. The summed E-state index contributed by atoms with van der Waals surface area (Å²) in [6, 6.07) is 14.7. The summed E-state index contributed by atoms with van der Waals surface area (Å²) in [5, 5.41) is 10.7. The Labute approximate surface area is 174 Å². The molecule has 0 spiro atoms. The zero-order chi connectivity index (χ0) is 21.0. The highest BCUT2D eigenvalue weighted by Gasteiger charge is 2.21. The van der Waals surface area contributed by atoms with Gasteiger partial charge in [-0.2, -0.15) is 5.10 Å². The Morgan fingerprint density at radius 3 is 2.59 bits per heavy atom. The molecule has 3 rings (SSSR count).